The smallest absolute Gasteiger partial charge is 0.295 e. The maximum absolute atomic E-state index is 13.3. The predicted molar refractivity (Wildman–Crippen MR) is 128 cm³/mol. The number of methoxy groups -OCH3 is 1. The van der Waals surface area contributed by atoms with Crippen molar-refractivity contribution in [2.24, 2.45) is 0 Å². The van der Waals surface area contributed by atoms with Crippen LogP contribution in [0.4, 0.5) is 0 Å². The van der Waals surface area contributed by atoms with Gasteiger partial charge in [0.2, 0.25) is 0 Å². The Balaban J connectivity index is 1.90. The number of hydrogen-bond acceptors (Lipinski definition) is 6. The second kappa shape index (κ2) is 9.97. The number of nitrogens with zero attached hydrogens (tertiary/aromatic N) is 2. The molecule has 1 fully saturated rings. The first-order valence-electron chi connectivity index (χ1n) is 10.7. The van der Waals surface area contributed by atoms with Crippen molar-refractivity contribution in [2.75, 3.05) is 13.7 Å². The number of halogens is 1. The molecule has 3 aromatic rings. The van der Waals surface area contributed by atoms with Gasteiger partial charge in [-0.1, -0.05) is 29.8 Å². The number of hydrogen-bond donors (Lipinski definition) is 1. The molecule has 0 radical (unpaired) electrons. The molecule has 174 valence electrons. The fraction of sp³-hybridized carbons (Fsp3) is 0.192. The van der Waals surface area contributed by atoms with Crippen molar-refractivity contribution in [2.45, 2.75) is 19.5 Å². The van der Waals surface area contributed by atoms with E-state index in [0.717, 1.165) is 5.56 Å². The highest BCUT2D eigenvalue weighted by Crippen LogP contribution is 2.43. The van der Waals surface area contributed by atoms with Crippen LogP contribution >= 0.6 is 11.6 Å². The standard InChI is InChI=1S/C26H23ClN2O5/c1-3-34-21-14-17(8-9-19(21)27)24(30)22-23(18-6-4-5-7-20(18)33-2)29(26(32)25(22)31)15-16-10-12-28-13-11-16/h4-14,23,30H,3,15H2,1-2H3/b24-22+. The number of aliphatic hydroxyl groups is 1. The van der Waals surface area contributed by atoms with Crippen LogP contribution in [0.1, 0.15) is 29.7 Å². The molecule has 1 aliphatic rings. The normalized spacial score (nSPS) is 17.1. The molecule has 0 spiro atoms. The number of ether oxygens (including phenoxy) is 2. The van der Waals surface area contributed by atoms with Crippen molar-refractivity contribution in [3.8, 4) is 11.5 Å². The number of amides is 1. The Hall–Kier alpha value is -3.84. The number of benzene rings is 2. The van der Waals surface area contributed by atoms with Gasteiger partial charge in [-0.2, -0.15) is 0 Å². The van der Waals surface area contributed by atoms with Crippen LogP contribution in [0, 0.1) is 0 Å². The summed E-state index contributed by atoms with van der Waals surface area (Å²) in [5.41, 5.74) is 1.66. The molecular weight excluding hydrogens is 456 g/mol. The molecule has 2 heterocycles. The number of pyridine rings is 1. The zero-order valence-electron chi connectivity index (χ0n) is 18.7. The molecule has 0 saturated carbocycles. The summed E-state index contributed by atoms with van der Waals surface area (Å²) < 4.78 is 11.1. The largest absolute Gasteiger partial charge is 0.507 e. The van der Waals surface area contributed by atoms with Crippen LogP contribution in [0.2, 0.25) is 5.02 Å². The van der Waals surface area contributed by atoms with Crippen molar-refractivity contribution >= 4 is 29.1 Å². The number of carbonyl (C=O) groups excluding carboxylic acids is 2. The summed E-state index contributed by atoms with van der Waals surface area (Å²) >= 11 is 6.20. The number of aliphatic hydroxyl groups excluding tert-OH is 1. The maximum Gasteiger partial charge on any atom is 0.295 e. The monoisotopic (exact) mass is 478 g/mol. The van der Waals surface area contributed by atoms with Crippen LogP contribution in [0.25, 0.3) is 5.76 Å². The molecule has 0 bridgehead atoms. The molecule has 1 aromatic heterocycles. The van der Waals surface area contributed by atoms with E-state index in [0.29, 0.717) is 34.3 Å². The first kappa shape index (κ1) is 23.3. The maximum atomic E-state index is 13.3. The topological polar surface area (TPSA) is 89.0 Å². The van der Waals surface area contributed by atoms with Gasteiger partial charge >= 0.3 is 0 Å². The molecule has 8 heteroatoms. The molecule has 0 aliphatic carbocycles. The summed E-state index contributed by atoms with van der Waals surface area (Å²) in [5, 5.41) is 11.7. The van der Waals surface area contributed by atoms with Crippen molar-refractivity contribution < 1.29 is 24.2 Å². The number of carbonyl (C=O) groups is 2. The van der Waals surface area contributed by atoms with Crippen LogP contribution in [-0.2, 0) is 16.1 Å². The van der Waals surface area contributed by atoms with Gasteiger partial charge in [-0.3, -0.25) is 14.6 Å². The summed E-state index contributed by atoms with van der Waals surface area (Å²) in [5.74, 6) is -0.952. The predicted octanol–water partition coefficient (Wildman–Crippen LogP) is 4.76. The van der Waals surface area contributed by atoms with Gasteiger partial charge < -0.3 is 19.5 Å². The molecule has 1 saturated heterocycles. The Morgan fingerprint density at radius 2 is 1.82 bits per heavy atom. The van der Waals surface area contributed by atoms with E-state index in [1.165, 1.54) is 12.0 Å². The Kier molecular flexibility index (Phi) is 6.84. The van der Waals surface area contributed by atoms with Gasteiger partial charge in [0.1, 0.15) is 17.3 Å². The van der Waals surface area contributed by atoms with Crippen molar-refractivity contribution in [1.29, 1.82) is 0 Å². The van der Waals surface area contributed by atoms with E-state index in [9.17, 15) is 14.7 Å². The number of Topliss-reactive ketones (excluding diaryl/α,β-unsaturated/α-hetero) is 1. The molecule has 4 rings (SSSR count). The number of ketones is 1. The van der Waals surface area contributed by atoms with Crippen LogP contribution in [0.5, 0.6) is 11.5 Å². The Bertz CT molecular complexity index is 1260. The van der Waals surface area contributed by atoms with E-state index in [2.05, 4.69) is 4.98 Å². The number of rotatable bonds is 7. The lowest BCUT2D eigenvalue weighted by Gasteiger charge is -2.26. The van der Waals surface area contributed by atoms with E-state index in [1.807, 2.05) is 6.92 Å². The van der Waals surface area contributed by atoms with E-state index < -0.39 is 17.7 Å². The minimum Gasteiger partial charge on any atom is -0.507 e. The van der Waals surface area contributed by atoms with Gasteiger partial charge in [-0.05, 0) is 48.9 Å². The fourth-order valence-electron chi connectivity index (χ4n) is 4.02. The van der Waals surface area contributed by atoms with Crippen LogP contribution in [0.15, 0.2) is 72.6 Å². The van der Waals surface area contributed by atoms with Gasteiger partial charge in [0.15, 0.2) is 0 Å². The molecule has 1 N–H and O–H groups in total. The zero-order valence-corrected chi connectivity index (χ0v) is 19.5. The molecule has 2 aromatic carbocycles. The Morgan fingerprint density at radius 3 is 2.53 bits per heavy atom. The van der Waals surface area contributed by atoms with Crippen LogP contribution in [-0.4, -0.2) is 40.4 Å². The van der Waals surface area contributed by atoms with Gasteiger partial charge in [-0.25, -0.2) is 0 Å². The van der Waals surface area contributed by atoms with Gasteiger partial charge in [0.05, 0.1) is 30.4 Å². The molecule has 1 amide bonds. The summed E-state index contributed by atoms with van der Waals surface area (Å²) in [4.78, 5) is 31.9. The third kappa shape index (κ3) is 4.34. The molecule has 1 unspecified atom stereocenters. The summed E-state index contributed by atoms with van der Waals surface area (Å²) in [6.45, 7) is 2.34. The Morgan fingerprint density at radius 1 is 1.09 bits per heavy atom. The summed E-state index contributed by atoms with van der Waals surface area (Å²) in [7, 11) is 1.52. The molecule has 1 aliphatic heterocycles. The SMILES string of the molecule is CCOc1cc(/C(O)=C2\C(=O)C(=O)N(Cc3ccncc3)C2c2ccccc2OC)ccc1Cl. The lowest BCUT2D eigenvalue weighted by molar-refractivity contribution is -0.140. The van der Waals surface area contributed by atoms with E-state index in [1.54, 1.807) is 67.0 Å². The first-order valence-corrected chi connectivity index (χ1v) is 11.1. The molecule has 34 heavy (non-hydrogen) atoms. The third-order valence-electron chi connectivity index (χ3n) is 5.58. The lowest BCUT2D eigenvalue weighted by atomic mass is 9.94. The highest BCUT2D eigenvalue weighted by molar-refractivity contribution is 6.46. The molecular formula is C26H23ClN2O5. The molecule has 1 atom stereocenters. The van der Waals surface area contributed by atoms with Gasteiger partial charge in [-0.15, -0.1) is 0 Å². The van der Waals surface area contributed by atoms with Gasteiger partial charge in [0, 0.05) is 30.1 Å². The van der Waals surface area contributed by atoms with Crippen LogP contribution in [0.3, 0.4) is 0 Å². The second-order valence-electron chi connectivity index (χ2n) is 7.60. The third-order valence-corrected chi connectivity index (χ3v) is 5.89. The highest BCUT2D eigenvalue weighted by Gasteiger charge is 2.47. The number of aromatic nitrogens is 1. The lowest BCUT2D eigenvalue weighted by Crippen LogP contribution is -2.29. The van der Waals surface area contributed by atoms with E-state index >= 15 is 0 Å². The quantitative estimate of drug-likeness (QED) is 0.299. The first-order chi connectivity index (χ1) is 16.5. The minimum atomic E-state index is -0.865. The second-order valence-corrected chi connectivity index (χ2v) is 8.01. The minimum absolute atomic E-state index is 0.0340. The zero-order chi connectivity index (χ0) is 24.2. The number of para-hydroxylation sites is 1. The van der Waals surface area contributed by atoms with E-state index in [-0.39, 0.29) is 17.9 Å². The van der Waals surface area contributed by atoms with Crippen molar-refractivity contribution in [3.63, 3.8) is 0 Å². The fourth-order valence-corrected chi connectivity index (χ4v) is 4.19. The highest BCUT2D eigenvalue weighted by atomic mass is 35.5. The van der Waals surface area contributed by atoms with E-state index in [4.69, 9.17) is 21.1 Å². The average molecular weight is 479 g/mol. The summed E-state index contributed by atoms with van der Waals surface area (Å²) in [6, 6.07) is 14.5. The Labute approximate surface area is 202 Å². The molecule has 7 nitrogen and oxygen atoms in total. The van der Waals surface area contributed by atoms with Crippen LogP contribution < -0.4 is 9.47 Å². The van der Waals surface area contributed by atoms with Crippen molar-refractivity contribution in [3.05, 3.63) is 94.3 Å². The summed E-state index contributed by atoms with van der Waals surface area (Å²) in [6.07, 6.45) is 3.24. The average Bonchev–Trinajstić information content (AvgIpc) is 3.10. The van der Waals surface area contributed by atoms with Crippen molar-refractivity contribution in [1.82, 2.24) is 9.88 Å². The van der Waals surface area contributed by atoms with Gasteiger partial charge in [0.25, 0.3) is 11.7 Å². The number of likely N-dealkylation sites (tertiary alicyclic amines) is 1.